The Morgan fingerprint density at radius 1 is 0.840 bits per heavy atom. The fraction of sp³-hybridized carbons (Fsp3) is 0.947. The standard InChI is InChI=1S/C19H40N2O4/c1-4-7-8-9-10-11-12-13-20-15(16(22)5-2)14-21-18(19(24)25)17(23)6-3/h15-18,20-23H,4-14H2,1-3H3,(H,24,25). The van der Waals surface area contributed by atoms with Crippen LogP contribution in [0.15, 0.2) is 0 Å². The van der Waals surface area contributed by atoms with Gasteiger partial charge in [0.2, 0.25) is 0 Å². The lowest BCUT2D eigenvalue weighted by atomic mass is 10.1. The van der Waals surface area contributed by atoms with E-state index in [1.165, 1.54) is 38.5 Å². The molecule has 0 spiro atoms. The fourth-order valence-corrected chi connectivity index (χ4v) is 2.88. The molecule has 6 heteroatoms. The maximum Gasteiger partial charge on any atom is 0.323 e. The number of rotatable bonds is 17. The first-order chi connectivity index (χ1) is 12.0. The third-order valence-electron chi connectivity index (χ3n) is 4.70. The number of hydrogen-bond donors (Lipinski definition) is 5. The average molecular weight is 361 g/mol. The summed E-state index contributed by atoms with van der Waals surface area (Å²) in [6.45, 7) is 7.00. The number of carboxylic acids is 1. The minimum Gasteiger partial charge on any atom is -0.480 e. The first-order valence-electron chi connectivity index (χ1n) is 10.0. The Balaban J connectivity index is 4.17. The number of nitrogens with one attached hydrogen (secondary N) is 2. The van der Waals surface area contributed by atoms with Crippen LogP contribution in [0.25, 0.3) is 0 Å². The van der Waals surface area contributed by atoms with Crippen LogP contribution in [-0.4, -0.2) is 58.7 Å². The van der Waals surface area contributed by atoms with Crippen LogP contribution in [0.2, 0.25) is 0 Å². The Kier molecular flexibility index (Phi) is 15.1. The van der Waals surface area contributed by atoms with E-state index in [4.69, 9.17) is 0 Å². The molecule has 4 unspecified atom stereocenters. The molecule has 0 aliphatic rings. The molecule has 0 aromatic heterocycles. The van der Waals surface area contributed by atoms with Crippen LogP contribution in [-0.2, 0) is 4.79 Å². The Labute approximate surface area is 153 Å². The lowest BCUT2D eigenvalue weighted by Crippen LogP contribution is -2.53. The molecular weight excluding hydrogens is 320 g/mol. The van der Waals surface area contributed by atoms with Crippen LogP contribution in [0.4, 0.5) is 0 Å². The Hall–Kier alpha value is -0.690. The number of hydrogen-bond acceptors (Lipinski definition) is 5. The predicted octanol–water partition coefficient (Wildman–Crippen LogP) is 2.28. The quantitative estimate of drug-likeness (QED) is 0.255. The van der Waals surface area contributed by atoms with Gasteiger partial charge in [0.25, 0.3) is 0 Å². The number of aliphatic hydroxyl groups is 2. The summed E-state index contributed by atoms with van der Waals surface area (Å²) in [5.41, 5.74) is 0. The van der Waals surface area contributed by atoms with E-state index in [2.05, 4.69) is 17.6 Å². The molecule has 0 aliphatic heterocycles. The monoisotopic (exact) mass is 360 g/mol. The van der Waals surface area contributed by atoms with Gasteiger partial charge in [0.1, 0.15) is 6.04 Å². The molecule has 0 fully saturated rings. The second-order valence-corrected chi connectivity index (χ2v) is 6.86. The molecule has 0 aliphatic carbocycles. The van der Waals surface area contributed by atoms with Crippen molar-refractivity contribution in [3.63, 3.8) is 0 Å². The van der Waals surface area contributed by atoms with Gasteiger partial charge in [-0.1, -0.05) is 59.3 Å². The third-order valence-corrected chi connectivity index (χ3v) is 4.70. The van der Waals surface area contributed by atoms with Crippen LogP contribution >= 0.6 is 0 Å². The smallest absolute Gasteiger partial charge is 0.323 e. The van der Waals surface area contributed by atoms with Gasteiger partial charge in [-0.05, 0) is 25.8 Å². The summed E-state index contributed by atoms with van der Waals surface area (Å²) in [4.78, 5) is 11.3. The Bertz CT molecular complexity index is 329. The van der Waals surface area contributed by atoms with Crippen molar-refractivity contribution in [1.82, 2.24) is 10.6 Å². The highest BCUT2D eigenvalue weighted by Gasteiger charge is 2.27. The number of unbranched alkanes of at least 4 members (excludes halogenated alkanes) is 6. The second kappa shape index (κ2) is 15.6. The second-order valence-electron chi connectivity index (χ2n) is 6.86. The summed E-state index contributed by atoms with van der Waals surface area (Å²) in [7, 11) is 0. The van der Waals surface area contributed by atoms with Gasteiger partial charge in [-0.3, -0.25) is 4.79 Å². The molecular formula is C19H40N2O4. The molecule has 0 aromatic rings. The molecule has 0 bridgehead atoms. The van der Waals surface area contributed by atoms with Gasteiger partial charge in [-0.15, -0.1) is 0 Å². The molecule has 6 nitrogen and oxygen atoms in total. The van der Waals surface area contributed by atoms with E-state index in [1.54, 1.807) is 6.92 Å². The van der Waals surface area contributed by atoms with E-state index in [9.17, 15) is 20.1 Å². The zero-order valence-corrected chi connectivity index (χ0v) is 16.3. The zero-order chi connectivity index (χ0) is 19.1. The van der Waals surface area contributed by atoms with Crippen molar-refractivity contribution in [2.24, 2.45) is 0 Å². The van der Waals surface area contributed by atoms with Crippen LogP contribution in [0.5, 0.6) is 0 Å². The summed E-state index contributed by atoms with van der Waals surface area (Å²) in [6, 6.07) is -1.21. The van der Waals surface area contributed by atoms with Crippen molar-refractivity contribution >= 4 is 5.97 Å². The Morgan fingerprint density at radius 2 is 1.40 bits per heavy atom. The summed E-state index contributed by atoms with van der Waals surface area (Å²) in [5.74, 6) is -1.06. The lowest BCUT2D eigenvalue weighted by Gasteiger charge is -2.27. The van der Waals surface area contributed by atoms with E-state index in [0.717, 1.165) is 13.0 Å². The maximum atomic E-state index is 11.3. The molecule has 0 heterocycles. The minimum atomic E-state index is -1.06. The number of aliphatic carboxylic acids is 1. The van der Waals surface area contributed by atoms with Crippen LogP contribution < -0.4 is 10.6 Å². The first kappa shape index (κ1) is 24.3. The highest BCUT2D eigenvalue weighted by Crippen LogP contribution is 2.07. The molecule has 5 N–H and O–H groups in total. The highest BCUT2D eigenvalue weighted by atomic mass is 16.4. The van der Waals surface area contributed by atoms with Crippen LogP contribution in [0, 0.1) is 0 Å². The van der Waals surface area contributed by atoms with Crippen molar-refractivity contribution in [2.45, 2.75) is 103 Å². The van der Waals surface area contributed by atoms with Crippen LogP contribution in [0.3, 0.4) is 0 Å². The van der Waals surface area contributed by atoms with Gasteiger partial charge in [0, 0.05) is 12.6 Å². The van der Waals surface area contributed by atoms with Crippen molar-refractivity contribution in [3.8, 4) is 0 Å². The fourth-order valence-electron chi connectivity index (χ4n) is 2.88. The maximum absolute atomic E-state index is 11.3. The molecule has 0 saturated carbocycles. The molecule has 0 aromatic carbocycles. The van der Waals surface area contributed by atoms with Crippen molar-refractivity contribution < 1.29 is 20.1 Å². The zero-order valence-electron chi connectivity index (χ0n) is 16.3. The summed E-state index contributed by atoms with van der Waals surface area (Å²) in [5, 5.41) is 35.4. The van der Waals surface area contributed by atoms with E-state index < -0.39 is 24.2 Å². The van der Waals surface area contributed by atoms with E-state index in [-0.39, 0.29) is 6.04 Å². The summed E-state index contributed by atoms with van der Waals surface area (Å²) < 4.78 is 0. The number of carbonyl (C=O) groups is 1. The lowest BCUT2D eigenvalue weighted by molar-refractivity contribution is -0.142. The molecule has 150 valence electrons. The molecule has 0 amide bonds. The van der Waals surface area contributed by atoms with E-state index in [0.29, 0.717) is 19.4 Å². The Morgan fingerprint density at radius 3 is 1.92 bits per heavy atom. The van der Waals surface area contributed by atoms with E-state index in [1.807, 2.05) is 6.92 Å². The van der Waals surface area contributed by atoms with Gasteiger partial charge in [0.15, 0.2) is 0 Å². The van der Waals surface area contributed by atoms with Gasteiger partial charge in [-0.25, -0.2) is 0 Å². The molecule has 0 saturated heterocycles. The van der Waals surface area contributed by atoms with E-state index >= 15 is 0 Å². The molecule has 25 heavy (non-hydrogen) atoms. The molecule has 4 atom stereocenters. The molecule has 0 rings (SSSR count). The van der Waals surface area contributed by atoms with Gasteiger partial charge < -0.3 is 26.0 Å². The van der Waals surface area contributed by atoms with Crippen molar-refractivity contribution in [1.29, 1.82) is 0 Å². The first-order valence-corrected chi connectivity index (χ1v) is 10.0. The topological polar surface area (TPSA) is 102 Å². The number of carboxylic acid groups (broad SMARTS) is 1. The van der Waals surface area contributed by atoms with Crippen molar-refractivity contribution in [2.75, 3.05) is 13.1 Å². The predicted molar refractivity (Wildman–Crippen MR) is 102 cm³/mol. The highest BCUT2D eigenvalue weighted by molar-refractivity contribution is 5.74. The van der Waals surface area contributed by atoms with Crippen molar-refractivity contribution in [3.05, 3.63) is 0 Å². The SMILES string of the molecule is CCCCCCCCCNC(CNC(C(=O)O)C(O)CC)C(O)CC. The molecule has 0 radical (unpaired) electrons. The summed E-state index contributed by atoms with van der Waals surface area (Å²) >= 11 is 0. The average Bonchev–Trinajstić information content (AvgIpc) is 2.60. The third kappa shape index (κ3) is 11.5. The minimum absolute atomic E-state index is 0.212. The summed E-state index contributed by atoms with van der Waals surface area (Å²) in [6.07, 6.45) is 8.13. The number of aliphatic hydroxyl groups excluding tert-OH is 2. The normalized spacial score (nSPS) is 16.4. The van der Waals surface area contributed by atoms with Gasteiger partial charge in [0.05, 0.1) is 12.2 Å². The largest absolute Gasteiger partial charge is 0.480 e. The van der Waals surface area contributed by atoms with Crippen LogP contribution in [0.1, 0.15) is 78.6 Å². The van der Waals surface area contributed by atoms with Gasteiger partial charge >= 0.3 is 5.97 Å². The van der Waals surface area contributed by atoms with Gasteiger partial charge in [-0.2, -0.15) is 0 Å².